The average molecular weight is 483 g/mol. The lowest BCUT2D eigenvalue weighted by Gasteiger charge is -2.02. The molecule has 0 aliphatic rings. The quantitative estimate of drug-likeness (QED) is 0.265. The van der Waals surface area contributed by atoms with Crippen molar-refractivity contribution in [2.75, 3.05) is 0 Å². The predicted octanol–water partition coefficient (Wildman–Crippen LogP) is 7.59. The molecule has 0 fully saturated rings. The van der Waals surface area contributed by atoms with E-state index in [0.717, 1.165) is 67.7 Å². The molecule has 0 unspecified atom stereocenters. The smallest absolute Gasteiger partial charge is 0.111 e. The van der Waals surface area contributed by atoms with Gasteiger partial charge in [-0.15, -0.1) is 0 Å². The number of rotatable bonds is 5. The molecule has 4 aromatic carbocycles. The number of hydrogen-bond acceptors (Lipinski definition) is 2. The van der Waals surface area contributed by atoms with Crippen LogP contribution < -0.4 is 0 Å². The van der Waals surface area contributed by atoms with Crippen LogP contribution in [-0.2, 0) is 12.8 Å². The Morgan fingerprint density at radius 3 is 1.35 bits per heavy atom. The van der Waals surface area contributed by atoms with E-state index in [4.69, 9.17) is 33.2 Å². The van der Waals surface area contributed by atoms with E-state index in [1.54, 1.807) is 0 Å². The molecule has 0 spiro atoms. The highest BCUT2D eigenvalue weighted by Gasteiger charge is 2.09. The summed E-state index contributed by atoms with van der Waals surface area (Å²) in [6.07, 6.45) is 1.47. The lowest BCUT2D eigenvalue weighted by molar-refractivity contribution is 1.04. The van der Waals surface area contributed by atoms with Crippen molar-refractivity contribution in [3.05, 3.63) is 118 Å². The highest BCUT2D eigenvalue weighted by Crippen LogP contribution is 2.27. The summed E-state index contributed by atoms with van der Waals surface area (Å²) in [5, 5.41) is 1.48. The lowest BCUT2D eigenvalue weighted by Crippen LogP contribution is -1.89. The second-order valence-corrected chi connectivity index (χ2v) is 9.31. The van der Waals surface area contributed by atoms with Gasteiger partial charge in [-0.3, -0.25) is 0 Å². The van der Waals surface area contributed by atoms with Crippen LogP contribution in [0.1, 0.15) is 22.8 Å². The van der Waals surface area contributed by atoms with E-state index >= 15 is 0 Å². The fourth-order valence-corrected chi connectivity index (χ4v) is 4.49. The molecule has 0 aliphatic heterocycles. The van der Waals surface area contributed by atoms with Crippen LogP contribution in [0.4, 0.5) is 0 Å². The largest absolute Gasteiger partial charge is 0.342 e. The van der Waals surface area contributed by atoms with Gasteiger partial charge in [0.1, 0.15) is 11.6 Å². The molecule has 0 bridgehead atoms. The SMILES string of the molecule is Clc1ccc(Cc2nc3ccc(-c4ccc5nc(Cc6ccc(Cl)cc6)[nH]c5c4)cc3[nH]2)cc1. The van der Waals surface area contributed by atoms with Gasteiger partial charge in [0.2, 0.25) is 0 Å². The van der Waals surface area contributed by atoms with Crippen LogP contribution in [0.2, 0.25) is 10.0 Å². The van der Waals surface area contributed by atoms with Crippen LogP contribution in [0, 0.1) is 0 Å². The zero-order valence-electron chi connectivity index (χ0n) is 18.1. The Labute approximate surface area is 206 Å². The van der Waals surface area contributed by atoms with Crippen LogP contribution in [0.15, 0.2) is 84.9 Å². The van der Waals surface area contributed by atoms with Gasteiger partial charge >= 0.3 is 0 Å². The minimum Gasteiger partial charge on any atom is -0.342 e. The molecule has 4 nitrogen and oxygen atoms in total. The highest BCUT2D eigenvalue weighted by molar-refractivity contribution is 6.30. The normalized spacial score (nSPS) is 11.5. The molecule has 0 radical (unpaired) electrons. The molecular formula is C28H20Cl2N4. The minimum atomic E-state index is 0.734. The average Bonchev–Trinajstić information content (AvgIpc) is 3.43. The zero-order chi connectivity index (χ0) is 23.1. The summed E-state index contributed by atoms with van der Waals surface area (Å²) in [7, 11) is 0. The van der Waals surface area contributed by atoms with E-state index in [1.165, 1.54) is 11.1 Å². The topological polar surface area (TPSA) is 57.4 Å². The fraction of sp³-hybridized carbons (Fsp3) is 0.0714. The lowest BCUT2D eigenvalue weighted by atomic mass is 10.0. The molecule has 2 aromatic heterocycles. The molecule has 0 amide bonds. The number of nitrogens with zero attached hydrogens (tertiary/aromatic N) is 2. The van der Waals surface area contributed by atoms with Gasteiger partial charge in [-0.05, 0) is 70.8 Å². The van der Waals surface area contributed by atoms with Crippen LogP contribution in [0.25, 0.3) is 33.2 Å². The molecule has 0 saturated carbocycles. The molecule has 2 N–H and O–H groups in total. The number of nitrogens with one attached hydrogen (secondary N) is 2. The number of fused-ring (bicyclic) bond motifs is 2. The zero-order valence-corrected chi connectivity index (χ0v) is 19.7. The Bertz CT molecular complexity index is 1490. The Morgan fingerprint density at radius 1 is 0.529 bits per heavy atom. The van der Waals surface area contributed by atoms with Crippen LogP contribution in [0.5, 0.6) is 0 Å². The van der Waals surface area contributed by atoms with Crippen molar-refractivity contribution in [2.45, 2.75) is 12.8 Å². The van der Waals surface area contributed by atoms with E-state index in [2.05, 4.69) is 46.4 Å². The Balaban J connectivity index is 1.27. The van der Waals surface area contributed by atoms with Crippen molar-refractivity contribution in [1.29, 1.82) is 0 Å². The van der Waals surface area contributed by atoms with Gasteiger partial charge in [-0.1, -0.05) is 59.6 Å². The summed E-state index contributed by atoms with van der Waals surface area (Å²) in [5.41, 5.74) is 8.56. The maximum Gasteiger partial charge on any atom is 0.111 e. The second-order valence-electron chi connectivity index (χ2n) is 8.44. The van der Waals surface area contributed by atoms with Crippen LogP contribution in [0.3, 0.4) is 0 Å². The molecule has 6 aromatic rings. The molecule has 166 valence electrons. The number of H-pyrrole nitrogens is 2. The van der Waals surface area contributed by atoms with Gasteiger partial charge < -0.3 is 9.97 Å². The van der Waals surface area contributed by atoms with Gasteiger partial charge in [0, 0.05) is 22.9 Å². The summed E-state index contributed by atoms with van der Waals surface area (Å²) in [4.78, 5) is 16.4. The summed E-state index contributed by atoms with van der Waals surface area (Å²) in [6.45, 7) is 0. The first-order chi connectivity index (χ1) is 16.6. The van der Waals surface area contributed by atoms with Crippen molar-refractivity contribution >= 4 is 45.3 Å². The van der Waals surface area contributed by atoms with Gasteiger partial charge in [0.25, 0.3) is 0 Å². The van der Waals surface area contributed by atoms with Crippen LogP contribution >= 0.6 is 23.2 Å². The van der Waals surface area contributed by atoms with Crippen molar-refractivity contribution in [1.82, 2.24) is 19.9 Å². The number of aromatic amines is 2. The highest BCUT2D eigenvalue weighted by atomic mass is 35.5. The van der Waals surface area contributed by atoms with Crippen LogP contribution in [-0.4, -0.2) is 19.9 Å². The third kappa shape index (κ3) is 4.30. The number of halogens is 2. The minimum absolute atomic E-state index is 0.734. The van der Waals surface area contributed by atoms with E-state index < -0.39 is 0 Å². The van der Waals surface area contributed by atoms with Crippen molar-refractivity contribution < 1.29 is 0 Å². The maximum absolute atomic E-state index is 6.00. The van der Waals surface area contributed by atoms with E-state index in [0.29, 0.717) is 0 Å². The molecule has 6 heteroatoms. The monoisotopic (exact) mass is 482 g/mol. The number of imidazole rings is 2. The molecule has 0 saturated heterocycles. The summed E-state index contributed by atoms with van der Waals surface area (Å²) < 4.78 is 0. The first-order valence-corrected chi connectivity index (χ1v) is 11.8. The second kappa shape index (κ2) is 8.64. The molecule has 0 aliphatic carbocycles. The number of aromatic nitrogens is 4. The molecule has 6 rings (SSSR count). The maximum atomic E-state index is 6.00. The summed E-state index contributed by atoms with van der Waals surface area (Å²) >= 11 is 12.0. The molecule has 0 atom stereocenters. The Morgan fingerprint density at radius 2 is 0.941 bits per heavy atom. The predicted molar refractivity (Wildman–Crippen MR) is 140 cm³/mol. The van der Waals surface area contributed by atoms with E-state index in [9.17, 15) is 0 Å². The first kappa shape index (κ1) is 21.0. The molecule has 2 heterocycles. The van der Waals surface area contributed by atoms with Crippen molar-refractivity contribution in [3.8, 4) is 11.1 Å². The van der Waals surface area contributed by atoms with E-state index in [1.807, 2.05) is 48.5 Å². The number of benzene rings is 4. The standard InChI is InChI=1S/C28H20Cl2N4/c29-21-7-1-17(2-8-21)13-27-31-23-11-5-19(15-25(23)33-27)20-6-12-24-26(16-20)34-28(32-24)14-18-3-9-22(30)10-4-18/h1-12,15-16H,13-14H2,(H,31,33)(H,32,34). The fourth-order valence-electron chi connectivity index (χ4n) is 4.24. The summed E-state index contributed by atoms with van der Waals surface area (Å²) in [6, 6.07) is 28.4. The van der Waals surface area contributed by atoms with Gasteiger partial charge in [-0.25, -0.2) is 9.97 Å². The summed E-state index contributed by atoms with van der Waals surface area (Å²) in [5.74, 6) is 1.87. The molecular weight excluding hydrogens is 463 g/mol. The van der Waals surface area contributed by atoms with Crippen molar-refractivity contribution in [3.63, 3.8) is 0 Å². The molecule has 34 heavy (non-hydrogen) atoms. The number of hydrogen-bond donors (Lipinski definition) is 2. The first-order valence-electron chi connectivity index (χ1n) is 11.1. The van der Waals surface area contributed by atoms with Crippen molar-refractivity contribution in [2.24, 2.45) is 0 Å². The van der Waals surface area contributed by atoms with Gasteiger partial charge in [0.15, 0.2) is 0 Å². The van der Waals surface area contributed by atoms with E-state index in [-0.39, 0.29) is 0 Å². The third-order valence-electron chi connectivity index (χ3n) is 5.96. The third-order valence-corrected chi connectivity index (χ3v) is 6.47. The Hall–Kier alpha value is -3.60. The van der Waals surface area contributed by atoms with Gasteiger partial charge in [0.05, 0.1) is 22.1 Å². The van der Waals surface area contributed by atoms with Gasteiger partial charge in [-0.2, -0.15) is 0 Å². The Kier molecular flexibility index (Phi) is 5.33.